The molecule has 1 N–H and O–H groups in total. The van der Waals surface area contributed by atoms with Crippen molar-refractivity contribution in [1.29, 1.82) is 0 Å². The maximum atomic E-state index is 5.42. The maximum Gasteiger partial charge on any atom is 0.213 e. The van der Waals surface area contributed by atoms with Gasteiger partial charge in [0, 0.05) is 29.5 Å². The lowest BCUT2D eigenvalue weighted by Gasteiger charge is -2.07. The summed E-state index contributed by atoms with van der Waals surface area (Å²) in [6.45, 7) is 4.09. The van der Waals surface area contributed by atoms with E-state index in [-0.39, 0.29) is 0 Å². The van der Waals surface area contributed by atoms with E-state index in [0.29, 0.717) is 19.1 Å². The van der Waals surface area contributed by atoms with Crippen LogP contribution >= 0.6 is 11.3 Å². The summed E-state index contributed by atoms with van der Waals surface area (Å²) in [7, 11) is 1.65. The fourth-order valence-electron chi connectivity index (χ4n) is 1.70. The molecule has 2 rings (SSSR count). The molecule has 0 aliphatic rings. The molecular weight excluding hydrogens is 272 g/mol. The Hall–Kier alpha value is -1.59. The van der Waals surface area contributed by atoms with Gasteiger partial charge in [-0.1, -0.05) is 6.92 Å². The lowest BCUT2D eigenvalue weighted by molar-refractivity contribution is 0.144. The number of pyridine rings is 1. The highest BCUT2D eigenvalue weighted by Crippen LogP contribution is 2.19. The first-order valence-corrected chi connectivity index (χ1v) is 7.52. The SMILES string of the molecule is CCc1ccc(CNc2ccc(OCCOC)nc2)s1. The van der Waals surface area contributed by atoms with Gasteiger partial charge in [0.15, 0.2) is 0 Å². The Balaban J connectivity index is 1.81. The third-order valence-corrected chi connectivity index (χ3v) is 4.04. The molecule has 2 aromatic heterocycles. The van der Waals surface area contributed by atoms with Gasteiger partial charge in [0.2, 0.25) is 5.88 Å². The molecule has 2 heterocycles. The number of thiophene rings is 1. The molecule has 0 aliphatic heterocycles. The molecule has 108 valence electrons. The number of anilines is 1. The van der Waals surface area contributed by atoms with Crippen molar-refractivity contribution in [1.82, 2.24) is 4.98 Å². The number of aromatic nitrogens is 1. The predicted molar refractivity (Wildman–Crippen MR) is 82.6 cm³/mol. The average molecular weight is 292 g/mol. The van der Waals surface area contributed by atoms with Gasteiger partial charge < -0.3 is 14.8 Å². The van der Waals surface area contributed by atoms with Crippen molar-refractivity contribution < 1.29 is 9.47 Å². The number of hydrogen-bond acceptors (Lipinski definition) is 5. The van der Waals surface area contributed by atoms with E-state index in [1.165, 1.54) is 9.75 Å². The number of ether oxygens (including phenoxy) is 2. The molecule has 0 atom stereocenters. The first-order chi connectivity index (χ1) is 9.81. The van der Waals surface area contributed by atoms with E-state index in [0.717, 1.165) is 18.7 Å². The third kappa shape index (κ3) is 4.51. The van der Waals surface area contributed by atoms with E-state index < -0.39 is 0 Å². The van der Waals surface area contributed by atoms with Gasteiger partial charge in [-0.3, -0.25) is 0 Å². The van der Waals surface area contributed by atoms with Crippen molar-refractivity contribution in [2.75, 3.05) is 25.6 Å². The van der Waals surface area contributed by atoms with Crippen LogP contribution in [0, 0.1) is 0 Å². The van der Waals surface area contributed by atoms with E-state index in [2.05, 4.69) is 29.4 Å². The zero-order chi connectivity index (χ0) is 14.2. The molecule has 0 saturated carbocycles. The highest BCUT2D eigenvalue weighted by molar-refractivity contribution is 7.12. The Labute approximate surface area is 123 Å². The molecular formula is C15H20N2O2S. The molecule has 0 radical (unpaired) electrons. The summed E-state index contributed by atoms with van der Waals surface area (Å²) in [5.41, 5.74) is 0.996. The van der Waals surface area contributed by atoms with Crippen LogP contribution in [-0.4, -0.2) is 25.3 Å². The van der Waals surface area contributed by atoms with E-state index in [9.17, 15) is 0 Å². The number of hydrogen-bond donors (Lipinski definition) is 1. The summed E-state index contributed by atoms with van der Waals surface area (Å²) in [6.07, 6.45) is 2.89. The Morgan fingerprint density at radius 2 is 2.00 bits per heavy atom. The van der Waals surface area contributed by atoms with Crippen LogP contribution in [0.1, 0.15) is 16.7 Å². The van der Waals surface area contributed by atoms with Crippen LogP contribution in [0.5, 0.6) is 5.88 Å². The lowest BCUT2D eigenvalue weighted by atomic mass is 10.3. The van der Waals surface area contributed by atoms with Crippen LogP contribution in [0.25, 0.3) is 0 Å². The van der Waals surface area contributed by atoms with Crippen molar-refractivity contribution in [3.8, 4) is 5.88 Å². The Kier molecular flexibility index (Phi) is 5.83. The summed E-state index contributed by atoms with van der Waals surface area (Å²) in [6, 6.07) is 8.20. The lowest BCUT2D eigenvalue weighted by Crippen LogP contribution is -2.05. The first kappa shape index (κ1) is 14.8. The zero-order valence-corrected chi connectivity index (χ0v) is 12.7. The average Bonchev–Trinajstić information content (AvgIpc) is 2.95. The Morgan fingerprint density at radius 1 is 1.15 bits per heavy atom. The quantitative estimate of drug-likeness (QED) is 0.758. The van der Waals surface area contributed by atoms with Gasteiger partial charge in [-0.2, -0.15) is 0 Å². The van der Waals surface area contributed by atoms with Crippen molar-refractivity contribution in [2.45, 2.75) is 19.9 Å². The molecule has 2 aromatic rings. The van der Waals surface area contributed by atoms with Gasteiger partial charge >= 0.3 is 0 Å². The van der Waals surface area contributed by atoms with Gasteiger partial charge in [0.25, 0.3) is 0 Å². The van der Waals surface area contributed by atoms with Gasteiger partial charge in [0.1, 0.15) is 6.61 Å². The summed E-state index contributed by atoms with van der Waals surface area (Å²) in [5.74, 6) is 0.622. The molecule has 0 unspecified atom stereocenters. The van der Waals surface area contributed by atoms with Crippen LogP contribution < -0.4 is 10.1 Å². The van der Waals surface area contributed by atoms with Gasteiger partial charge in [-0.05, 0) is 24.6 Å². The van der Waals surface area contributed by atoms with Crippen molar-refractivity contribution >= 4 is 17.0 Å². The number of rotatable bonds is 8. The largest absolute Gasteiger partial charge is 0.475 e. The van der Waals surface area contributed by atoms with Crippen LogP contribution in [0.15, 0.2) is 30.5 Å². The molecule has 0 aromatic carbocycles. The van der Waals surface area contributed by atoms with Gasteiger partial charge in [0.05, 0.1) is 18.5 Å². The molecule has 0 amide bonds. The maximum absolute atomic E-state index is 5.42. The van der Waals surface area contributed by atoms with Crippen LogP contribution in [-0.2, 0) is 17.7 Å². The summed E-state index contributed by atoms with van der Waals surface area (Å²) < 4.78 is 10.3. The zero-order valence-electron chi connectivity index (χ0n) is 11.9. The number of nitrogens with one attached hydrogen (secondary N) is 1. The Bertz CT molecular complexity index is 511. The fraction of sp³-hybridized carbons (Fsp3) is 0.400. The number of aryl methyl sites for hydroxylation is 1. The molecule has 5 heteroatoms. The monoisotopic (exact) mass is 292 g/mol. The standard InChI is InChI=1S/C15H20N2O2S/c1-3-13-5-6-14(20-13)11-16-12-4-7-15(17-10-12)19-9-8-18-2/h4-7,10,16H,3,8-9,11H2,1-2H3. The topological polar surface area (TPSA) is 43.4 Å². The van der Waals surface area contributed by atoms with E-state index in [1.807, 2.05) is 23.5 Å². The molecule has 20 heavy (non-hydrogen) atoms. The highest BCUT2D eigenvalue weighted by Gasteiger charge is 2.00. The minimum atomic E-state index is 0.519. The Morgan fingerprint density at radius 3 is 2.65 bits per heavy atom. The second kappa shape index (κ2) is 7.87. The second-order valence-corrected chi connectivity index (χ2v) is 5.55. The van der Waals surface area contributed by atoms with Crippen molar-refractivity contribution in [3.05, 3.63) is 40.2 Å². The van der Waals surface area contributed by atoms with E-state index >= 15 is 0 Å². The van der Waals surface area contributed by atoms with Crippen molar-refractivity contribution in [2.24, 2.45) is 0 Å². The molecule has 0 spiro atoms. The second-order valence-electron chi connectivity index (χ2n) is 4.30. The minimum absolute atomic E-state index is 0.519. The molecule has 0 fully saturated rings. The molecule has 4 nitrogen and oxygen atoms in total. The first-order valence-electron chi connectivity index (χ1n) is 6.71. The highest BCUT2D eigenvalue weighted by atomic mass is 32.1. The van der Waals surface area contributed by atoms with E-state index in [4.69, 9.17) is 9.47 Å². The number of nitrogens with zero attached hydrogens (tertiary/aromatic N) is 1. The van der Waals surface area contributed by atoms with Crippen LogP contribution in [0.3, 0.4) is 0 Å². The van der Waals surface area contributed by atoms with Crippen LogP contribution in [0.4, 0.5) is 5.69 Å². The number of methoxy groups -OCH3 is 1. The smallest absolute Gasteiger partial charge is 0.213 e. The van der Waals surface area contributed by atoms with Gasteiger partial charge in [-0.15, -0.1) is 11.3 Å². The predicted octanol–water partition coefficient (Wildman–Crippen LogP) is 3.34. The van der Waals surface area contributed by atoms with E-state index in [1.54, 1.807) is 13.3 Å². The van der Waals surface area contributed by atoms with Crippen LogP contribution in [0.2, 0.25) is 0 Å². The summed E-state index contributed by atoms with van der Waals surface area (Å²) >= 11 is 1.85. The molecule has 0 saturated heterocycles. The van der Waals surface area contributed by atoms with Gasteiger partial charge in [-0.25, -0.2) is 4.98 Å². The fourth-order valence-corrected chi connectivity index (χ4v) is 2.59. The molecule has 0 bridgehead atoms. The summed E-state index contributed by atoms with van der Waals surface area (Å²) in [5, 5.41) is 3.36. The normalized spacial score (nSPS) is 10.5. The molecule has 0 aliphatic carbocycles. The summed E-state index contributed by atoms with van der Waals surface area (Å²) in [4.78, 5) is 7.00. The third-order valence-electron chi connectivity index (χ3n) is 2.81. The minimum Gasteiger partial charge on any atom is -0.475 e. The van der Waals surface area contributed by atoms with Crippen molar-refractivity contribution in [3.63, 3.8) is 0 Å².